The molecule has 0 N–H and O–H groups in total. The molecule has 288 valence electrons. The van der Waals surface area contributed by atoms with Crippen LogP contribution in [0.25, 0.3) is 0 Å². The first-order valence-electron chi connectivity index (χ1n) is 17.8. The van der Waals surface area contributed by atoms with Gasteiger partial charge < -0.3 is 47.0 Å². The number of rotatable bonds is 8. The van der Waals surface area contributed by atoms with Gasteiger partial charge in [-0.05, 0) is 31.2 Å². The summed E-state index contributed by atoms with van der Waals surface area (Å²) in [6.07, 6.45) is -1.22. The number of cyclic esters (lactones) is 1. The Balaban J connectivity index is 1.54. The highest BCUT2D eigenvalue weighted by molar-refractivity contribution is 5.75. The topological polar surface area (TPSA) is 199 Å². The summed E-state index contributed by atoms with van der Waals surface area (Å²) in [4.78, 5) is 80.8. The van der Waals surface area contributed by atoms with Crippen molar-refractivity contribution in [3.8, 4) is 0 Å². The molecule has 4 saturated carbocycles. The van der Waals surface area contributed by atoms with Crippen molar-refractivity contribution in [3.05, 3.63) is 24.2 Å². The Labute approximate surface area is 304 Å². The number of furan rings is 1. The molecule has 3 aliphatic heterocycles. The van der Waals surface area contributed by atoms with E-state index in [4.69, 9.17) is 47.0 Å². The van der Waals surface area contributed by atoms with E-state index < -0.39 is 117 Å². The molecule has 8 rings (SSSR count). The van der Waals surface area contributed by atoms with Crippen LogP contribution in [0.15, 0.2) is 23.0 Å². The number of ether oxygens (including phenoxy) is 9. The van der Waals surface area contributed by atoms with Crippen molar-refractivity contribution < 1.29 is 75.8 Å². The Bertz CT molecular complexity index is 1820. The van der Waals surface area contributed by atoms with Crippen LogP contribution < -0.4 is 0 Å². The van der Waals surface area contributed by atoms with Crippen molar-refractivity contribution in [2.45, 2.75) is 127 Å². The maximum Gasteiger partial charge on any atom is 0.306 e. The van der Waals surface area contributed by atoms with E-state index in [1.807, 2.05) is 6.92 Å². The standard InChI is InChI=1S/C37H44O16/c1-18(38)46-17-33-23(13-25(42)44-8)31(6)16-35(33)37(50-21(4)41,28(31)47-19(2)39)29(48-20(3)40)36-24-14-26(43)49-27(22-9-12-45-15-22)30(24,5)10-11-34(33,36)51-32(7,52-35)53-36/h9,12,15,23-24,27-29H,10-11,13-14,16-17H2,1-8H3/t23-,24+,27-,28-,29-,30+,31+,32?,33-,34-,35?,36+,37-/m0/s1. The average Bonchev–Trinajstić information content (AvgIpc) is 3.76. The van der Waals surface area contributed by atoms with Gasteiger partial charge in [-0.2, -0.15) is 0 Å². The number of carbonyl (C=O) groups excluding carboxylic acids is 6. The Morgan fingerprint density at radius 1 is 0.849 bits per heavy atom. The second kappa shape index (κ2) is 10.8. The fourth-order valence-electron chi connectivity index (χ4n) is 13.0. The Morgan fingerprint density at radius 2 is 1.53 bits per heavy atom. The van der Waals surface area contributed by atoms with Crippen molar-refractivity contribution >= 4 is 35.8 Å². The summed E-state index contributed by atoms with van der Waals surface area (Å²) in [5.74, 6) is -8.14. The van der Waals surface area contributed by atoms with Gasteiger partial charge in [-0.1, -0.05) is 13.8 Å². The Hall–Kier alpha value is -4.02. The molecule has 13 atom stereocenters. The van der Waals surface area contributed by atoms with E-state index in [0.29, 0.717) is 12.0 Å². The van der Waals surface area contributed by atoms with Crippen LogP contribution in [0.3, 0.4) is 0 Å². The molecule has 16 nitrogen and oxygen atoms in total. The van der Waals surface area contributed by atoms with Crippen LogP contribution in [0.2, 0.25) is 0 Å². The van der Waals surface area contributed by atoms with E-state index in [1.54, 1.807) is 19.9 Å². The van der Waals surface area contributed by atoms with Crippen LogP contribution in [0.5, 0.6) is 0 Å². The van der Waals surface area contributed by atoms with Gasteiger partial charge in [0, 0.05) is 63.4 Å². The third-order valence-corrected chi connectivity index (χ3v) is 13.9. The molecule has 2 spiro atoms. The molecule has 53 heavy (non-hydrogen) atoms. The fourth-order valence-corrected chi connectivity index (χ4v) is 13.0. The first-order chi connectivity index (χ1) is 24.8. The molecule has 3 saturated heterocycles. The lowest BCUT2D eigenvalue weighted by molar-refractivity contribution is -0.483. The molecule has 0 aromatic carbocycles. The molecule has 4 aliphatic carbocycles. The normalized spacial score (nSPS) is 47.8. The van der Waals surface area contributed by atoms with Crippen LogP contribution in [0.1, 0.15) is 92.2 Å². The van der Waals surface area contributed by atoms with E-state index in [2.05, 4.69) is 0 Å². The Morgan fingerprint density at radius 3 is 2.13 bits per heavy atom. The molecule has 0 amide bonds. The quantitative estimate of drug-likeness (QED) is 0.278. The second-order valence-electron chi connectivity index (χ2n) is 16.4. The number of esters is 6. The van der Waals surface area contributed by atoms with Gasteiger partial charge >= 0.3 is 35.8 Å². The third kappa shape index (κ3) is 3.91. The molecule has 2 unspecified atom stereocenters. The lowest BCUT2D eigenvalue weighted by atomic mass is 9.33. The zero-order valence-electron chi connectivity index (χ0n) is 30.9. The lowest BCUT2D eigenvalue weighted by Gasteiger charge is -2.77. The number of carbonyl (C=O) groups is 6. The summed E-state index contributed by atoms with van der Waals surface area (Å²) in [6.45, 7) is 9.58. The van der Waals surface area contributed by atoms with Gasteiger partial charge in [-0.15, -0.1) is 0 Å². The molecule has 4 bridgehead atoms. The highest BCUT2D eigenvalue weighted by Crippen LogP contribution is 2.90. The zero-order chi connectivity index (χ0) is 38.4. The predicted octanol–water partition coefficient (Wildman–Crippen LogP) is 2.98. The summed E-state index contributed by atoms with van der Waals surface area (Å²) in [5, 5.41) is 0. The van der Waals surface area contributed by atoms with E-state index in [9.17, 15) is 28.8 Å². The first-order valence-corrected chi connectivity index (χ1v) is 17.8. The summed E-state index contributed by atoms with van der Waals surface area (Å²) in [6, 6.07) is 1.69. The molecule has 7 fully saturated rings. The maximum absolute atomic E-state index is 13.9. The van der Waals surface area contributed by atoms with Gasteiger partial charge in [0.25, 0.3) is 5.97 Å². The monoisotopic (exact) mass is 744 g/mol. The Kier molecular flexibility index (Phi) is 7.34. The molecule has 0 radical (unpaired) electrons. The molecule has 1 aromatic heterocycles. The third-order valence-electron chi connectivity index (χ3n) is 13.9. The van der Waals surface area contributed by atoms with Crippen molar-refractivity contribution in [3.63, 3.8) is 0 Å². The molecular formula is C37H44O16. The van der Waals surface area contributed by atoms with Crippen molar-refractivity contribution in [2.24, 2.45) is 28.1 Å². The van der Waals surface area contributed by atoms with E-state index in [1.165, 1.54) is 47.3 Å². The predicted molar refractivity (Wildman–Crippen MR) is 170 cm³/mol. The number of hydrogen-bond acceptors (Lipinski definition) is 16. The summed E-state index contributed by atoms with van der Waals surface area (Å²) < 4.78 is 63.5. The second-order valence-corrected chi connectivity index (χ2v) is 16.4. The fraction of sp³-hybridized carbons (Fsp3) is 0.730. The van der Waals surface area contributed by atoms with Gasteiger partial charge in [0.2, 0.25) is 5.60 Å². The zero-order valence-corrected chi connectivity index (χ0v) is 30.9. The van der Waals surface area contributed by atoms with Crippen molar-refractivity contribution in [2.75, 3.05) is 13.7 Å². The van der Waals surface area contributed by atoms with Crippen LogP contribution in [0.4, 0.5) is 0 Å². The number of hydrogen-bond donors (Lipinski definition) is 0. The first kappa shape index (κ1) is 36.0. The summed E-state index contributed by atoms with van der Waals surface area (Å²) >= 11 is 0. The largest absolute Gasteiger partial charge is 0.472 e. The highest BCUT2D eigenvalue weighted by atomic mass is 16.9. The van der Waals surface area contributed by atoms with E-state index in [-0.39, 0.29) is 25.7 Å². The van der Waals surface area contributed by atoms with Gasteiger partial charge in [-0.25, -0.2) is 0 Å². The molecule has 4 heterocycles. The number of methoxy groups -OCH3 is 1. The molecular weight excluding hydrogens is 700 g/mol. The van der Waals surface area contributed by atoms with Gasteiger partial charge in [0.05, 0.1) is 31.5 Å². The van der Waals surface area contributed by atoms with E-state index >= 15 is 0 Å². The SMILES string of the molecule is COC(=O)C[C@H]1[C@@]2(C)CC34OC5(C)O[C@]6([C@@H]7CC(=O)O[C@@H](c8ccoc8)[C@]7(C)CC[C@]6(O5)[C@]13COC(C)=O)[C@H](OC(C)=O)[C@@]4(OC(C)=O)[C@H]2OC(C)=O. The van der Waals surface area contributed by atoms with Crippen LogP contribution in [0, 0.1) is 28.1 Å². The van der Waals surface area contributed by atoms with Crippen LogP contribution >= 0.6 is 0 Å². The van der Waals surface area contributed by atoms with Crippen molar-refractivity contribution in [1.29, 1.82) is 0 Å². The van der Waals surface area contributed by atoms with Crippen LogP contribution in [-0.2, 0) is 71.4 Å². The summed E-state index contributed by atoms with van der Waals surface area (Å²) in [5.41, 5.74) is -11.1. The highest BCUT2D eigenvalue weighted by Gasteiger charge is 3.06. The van der Waals surface area contributed by atoms with Gasteiger partial charge in [0.15, 0.2) is 12.2 Å². The van der Waals surface area contributed by atoms with Gasteiger partial charge in [0.1, 0.15) is 29.5 Å². The van der Waals surface area contributed by atoms with E-state index in [0.717, 1.165) is 0 Å². The molecule has 16 heteroatoms. The minimum Gasteiger partial charge on any atom is -0.472 e. The summed E-state index contributed by atoms with van der Waals surface area (Å²) in [7, 11) is 1.24. The van der Waals surface area contributed by atoms with Crippen LogP contribution in [-0.4, -0.2) is 90.1 Å². The number of fused-ring (bicyclic) bond motifs is 3. The average molecular weight is 745 g/mol. The molecule has 7 aliphatic rings. The minimum absolute atomic E-state index is 0.0479. The minimum atomic E-state index is -2.21. The molecule has 1 aromatic rings. The van der Waals surface area contributed by atoms with Gasteiger partial charge in [-0.3, -0.25) is 28.8 Å². The maximum atomic E-state index is 13.9. The van der Waals surface area contributed by atoms with Crippen molar-refractivity contribution in [1.82, 2.24) is 0 Å². The smallest absolute Gasteiger partial charge is 0.306 e. The lowest BCUT2D eigenvalue weighted by Crippen LogP contribution is -2.95.